The maximum atomic E-state index is 4.23. The molecule has 0 bridgehead atoms. The molecule has 1 aliphatic rings. The second-order valence-corrected chi connectivity index (χ2v) is 4.34. The molecule has 0 spiro atoms. The van der Waals surface area contributed by atoms with Crippen molar-refractivity contribution in [3.05, 3.63) is 24.4 Å². The van der Waals surface area contributed by atoms with Crippen molar-refractivity contribution in [2.45, 2.75) is 19.3 Å². The first-order valence-electron chi connectivity index (χ1n) is 5.78. The van der Waals surface area contributed by atoms with Gasteiger partial charge in [-0.15, -0.1) is 10.2 Å². The highest BCUT2D eigenvalue weighted by molar-refractivity contribution is 5.33. The third-order valence-corrected chi connectivity index (χ3v) is 3.15. The fourth-order valence-electron chi connectivity index (χ4n) is 2.30. The van der Waals surface area contributed by atoms with Gasteiger partial charge < -0.3 is 5.32 Å². The number of nitrogens with one attached hydrogen (secondary N) is 1. The van der Waals surface area contributed by atoms with Gasteiger partial charge in [-0.25, -0.2) is 0 Å². The number of piperidine rings is 1. The summed E-state index contributed by atoms with van der Waals surface area (Å²) >= 11 is 0. The molecule has 5 heteroatoms. The van der Waals surface area contributed by atoms with Crippen LogP contribution >= 0.6 is 0 Å². The normalized spacial score (nSPS) is 21.4. The van der Waals surface area contributed by atoms with Gasteiger partial charge in [-0.05, 0) is 31.8 Å². The molecule has 0 radical (unpaired) electrons. The first-order chi connectivity index (χ1) is 7.93. The smallest absolute Gasteiger partial charge is 0.179 e. The van der Waals surface area contributed by atoms with Crippen LogP contribution in [0.2, 0.25) is 0 Å². The predicted molar refractivity (Wildman–Crippen MR) is 60.1 cm³/mol. The number of nitrogens with zero attached hydrogens (tertiary/aromatic N) is 4. The summed E-state index contributed by atoms with van der Waals surface area (Å²) in [4.78, 5) is 4.04. The van der Waals surface area contributed by atoms with Gasteiger partial charge in [0.15, 0.2) is 5.65 Å². The number of hydrogen-bond acceptors (Lipinski definition) is 4. The predicted octanol–water partition coefficient (Wildman–Crippen LogP) is 0.666. The standard InChI is InChI=1S/C11H15N5/c1-2-9(7-12-3-1)6-10-14-15-11-8-13-4-5-16(10)11/h4-5,8-9,12H,1-3,6-7H2. The van der Waals surface area contributed by atoms with Crippen LogP contribution in [0.1, 0.15) is 18.7 Å². The van der Waals surface area contributed by atoms with Crippen LogP contribution in [0.15, 0.2) is 18.6 Å². The summed E-state index contributed by atoms with van der Waals surface area (Å²) in [6.45, 7) is 2.25. The Labute approximate surface area is 93.9 Å². The summed E-state index contributed by atoms with van der Waals surface area (Å²) in [6.07, 6.45) is 9.00. The van der Waals surface area contributed by atoms with Crippen molar-refractivity contribution in [3.8, 4) is 0 Å². The molecule has 1 aliphatic heterocycles. The maximum absolute atomic E-state index is 4.23. The van der Waals surface area contributed by atoms with Gasteiger partial charge in [0.2, 0.25) is 0 Å². The lowest BCUT2D eigenvalue weighted by atomic mass is 9.96. The van der Waals surface area contributed by atoms with Crippen molar-refractivity contribution in [1.82, 2.24) is 24.9 Å². The fourth-order valence-corrected chi connectivity index (χ4v) is 2.30. The average Bonchev–Trinajstić information content (AvgIpc) is 2.74. The highest BCUT2D eigenvalue weighted by Crippen LogP contribution is 2.15. The van der Waals surface area contributed by atoms with Gasteiger partial charge in [0.1, 0.15) is 5.82 Å². The Bertz CT molecular complexity index is 472. The van der Waals surface area contributed by atoms with E-state index >= 15 is 0 Å². The van der Waals surface area contributed by atoms with Gasteiger partial charge in [0, 0.05) is 18.8 Å². The molecule has 1 N–H and O–H groups in total. The van der Waals surface area contributed by atoms with Crippen LogP contribution in [0.4, 0.5) is 0 Å². The van der Waals surface area contributed by atoms with Crippen LogP contribution < -0.4 is 5.32 Å². The molecule has 5 nitrogen and oxygen atoms in total. The summed E-state index contributed by atoms with van der Waals surface area (Å²) in [5.41, 5.74) is 0.835. The molecule has 1 atom stereocenters. The molecule has 84 valence electrons. The molecule has 2 aromatic heterocycles. The number of hydrogen-bond donors (Lipinski definition) is 1. The SMILES string of the molecule is c1cn2c(CC3CCCNC3)nnc2cn1. The second kappa shape index (κ2) is 4.17. The molecule has 0 aliphatic carbocycles. The third kappa shape index (κ3) is 1.78. The van der Waals surface area contributed by atoms with Gasteiger partial charge >= 0.3 is 0 Å². The Morgan fingerprint density at radius 1 is 1.44 bits per heavy atom. The van der Waals surface area contributed by atoms with E-state index in [1.54, 1.807) is 12.4 Å². The highest BCUT2D eigenvalue weighted by atomic mass is 15.2. The van der Waals surface area contributed by atoms with Crippen molar-refractivity contribution >= 4 is 5.65 Å². The molecule has 2 aromatic rings. The van der Waals surface area contributed by atoms with E-state index in [0.717, 1.165) is 31.0 Å². The van der Waals surface area contributed by atoms with E-state index in [1.165, 1.54) is 12.8 Å². The lowest BCUT2D eigenvalue weighted by Crippen LogP contribution is -2.31. The molecule has 0 saturated carbocycles. The van der Waals surface area contributed by atoms with Crippen LogP contribution in [0, 0.1) is 5.92 Å². The van der Waals surface area contributed by atoms with Crippen molar-refractivity contribution in [3.63, 3.8) is 0 Å². The largest absolute Gasteiger partial charge is 0.316 e. The van der Waals surface area contributed by atoms with E-state index in [-0.39, 0.29) is 0 Å². The third-order valence-electron chi connectivity index (χ3n) is 3.15. The number of rotatable bonds is 2. The van der Waals surface area contributed by atoms with Crippen LogP contribution in [0.25, 0.3) is 5.65 Å². The molecular formula is C11H15N5. The van der Waals surface area contributed by atoms with E-state index in [4.69, 9.17) is 0 Å². The summed E-state index contributed by atoms with van der Waals surface area (Å²) < 4.78 is 2.03. The topological polar surface area (TPSA) is 55.1 Å². The maximum Gasteiger partial charge on any atom is 0.179 e. The van der Waals surface area contributed by atoms with Crippen LogP contribution in [0.3, 0.4) is 0 Å². The van der Waals surface area contributed by atoms with E-state index < -0.39 is 0 Å². The lowest BCUT2D eigenvalue weighted by molar-refractivity contribution is 0.370. The van der Waals surface area contributed by atoms with E-state index in [0.29, 0.717) is 5.92 Å². The van der Waals surface area contributed by atoms with Crippen molar-refractivity contribution in [2.75, 3.05) is 13.1 Å². The summed E-state index contributed by atoms with van der Waals surface area (Å²) in [5.74, 6) is 1.74. The molecule has 1 saturated heterocycles. The van der Waals surface area contributed by atoms with Crippen LogP contribution in [-0.4, -0.2) is 32.7 Å². The minimum absolute atomic E-state index is 0.689. The van der Waals surface area contributed by atoms with Gasteiger partial charge in [0.05, 0.1) is 6.20 Å². The zero-order valence-electron chi connectivity index (χ0n) is 9.13. The monoisotopic (exact) mass is 217 g/mol. The van der Waals surface area contributed by atoms with Crippen LogP contribution in [-0.2, 0) is 6.42 Å². The minimum Gasteiger partial charge on any atom is -0.316 e. The molecule has 3 rings (SSSR count). The van der Waals surface area contributed by atoms with Gasteiger partial charge in [0.25, 0.3) is 0 Å². The number of aromatic nitrogens is 4. The van der Waals surface area contributed by atoms with Crippen molar-refractivity contribution in [2.24, 2.45) is 5.92 Å². The Hall–Kier alpha value is -1.49. The Morgan fingerprint density at radius 2 is 2.44 bits per heavy atom. The van der Waals surface area contributed by atoms with E-state index in [1.807, 2.05) is 10.6 Å². The van der Waals surface area contributed by atoms with Gasteiger partial charge in [-0.1, -0.05) is 0 Å². The zero-order chi connectivity index (χ0) is 10.8. The van der Waals surface area contributed by atoms with Crippen LogP contribution in [0.5, 0.6) is 0 Å². The Balaban J connectivity index is 1.83. The molecule has 0 aromatic carbocycles. The lowest BCUT2D eigenvalue weighted by Gasteiger charge is -2.21. The first-order valence-corrected chi connectivity index (χ1v) is 5.78. The van der Waals surface area contributed by atoms with Gasteiger partial charge in [-0.3, -0.25) is 9.38 Å². The molecule has 16 heavy (non-hydrogen) atoms. The second-order valence-electron chi connectivity index (χ2n) is 4.34. The minimum atomic E-state index is 0.689. The van der Waals surface area contributed by atoms with Gasteiger partial charge in [-0.2, -0.15) is 0 Å². The van der Waals surface area contributed by atoms with Crippen molar-refractivity contribution < 1.29 is 0 Å². The molecule has 1 fully saturated rings. The molecule has 0 amide bonds. The summed E-state index contributed by atoms with van der Waals surface area (Å²) in [7, 11) is 0. The van der Waals surface area contributed by atoms with E-state index in [2.05, 4.69) is 20.5 Å². The molecular weight excluding hydrogens is 202 g/mol. The summed E-state index contributed by atoms with van der Waals surface area (Å²) in [5, 5.41) is 11.8. The first kappa shape index (κ1) is 9.72. The Morgan fingerprint density at radius 3 is 3.31 bits per heavy atom. The molecule has 1 unspecified atom stereocenters. The fraction of sp³-hybridized carbons (Fsp3) is 0.545. The Kier molecular flexibility index (Phi) is 2.53. The molecule has 3 heterocycles. The van der Waals surface area contributed by atoms with E-state index in [9.17, 15) is 0 Å². The summed E-state index contributed by atoms with van der Waals surface area (Å²) in [6, 6.07) is 0. The van der Waals surface area contributed by atoms with Crippen molar-refractivity contribution in [1.29, 1.82) is 0 Å². The number of fused-ring (bicyclic) bond motifs is 1. The average molecular weight is 217 g/mol. The quantitative estimate of drug-likeness (QED) is 0.803. The zero-order valence-corrected chi connectivity index (χ0v) is 9.13. The highest BCUT2D eigenvalue weighted by Gasteiger charge is 2.16.